The molecule has 4 aliphatic carbocycles. The topological polar surface area (TPSA) is 20.2 Å². The maximum absolute atomic E-state index is 11.0. The van der Waals surface area contributed by atoms with Crippen molar-refractivity contribution in [3.05, 3.63) is 0 Å². The molecule has 0 aliphatic heterocycles. The zero-order valence-electron chi connectivity index (χ0n) is 14.4. The van der Waals surface area contributed by atoms with Crippen LogP contribution < -0.4 is 0 Å². The van der Waals surface area contributed by atoms with E-state index in [-0.39, 0.29) is 5.41 Å². The summed E-state index contributed by atoms with van der Waals surface area (Å²) in [6.07, 6.45) is 18.8. The number of rotatable bonds is 0. The lowest BCUT2D eigenvalue weighted by molar-refractivity contribution is -0.134. The first-order valence-electron chi connectivity index (χ1n) is 9.65. The lowest BCUT2D eigenvalue weighted by Gasteiger charge is -2.60. The average Bonchev–Trinajstić information content (AvgIpc) is 2.79. The quantitative estimate of drug-likeness (QED) is 0.638. The molecule has 0 saturated heterocycles. The van der Waals surface area contributed by atoms with Crippen molar-refractivity contribution in [2.75, 3.05) is 0 Å². The molecule has 1 N–H and O–H groups in total. The van der Waals surface area contributed by atoms with E-state index in [9.17, 15) is 5.11 Å². The highest BCUT2D eigenvalue weighted by molar-refractivity contribution is 5.23. The molecular formula is C21H32O. The van der Waals surface area contributed by atoms with Crippen LogP contribution in [0, 0.1) is 46.8 Å². The van der Waals surface area contributed by atoms with Crippen LogP contribution >= 0.6 is 0 Å². The summed E-state index contributed by atoms with van der Waals surface area (Å²) in [6, 6.07) is 0. The van der Waals surface area contributed by atoms with Gasteiger partial charge < -0.3 is 5.11 Å². The third-order valence-corrected chi connectivity index (χ3v) is 8.97. The van der Waals surface area contributed by atoms with E-state index < -0.39 is 5.60 Å². The molecule has 1 heteroatoms. The van der Waals surface area contributed by atoms with Crippen molar-refractivity contribution < 1.29 is 5.11 Å². The van der Waals surface area contributed by atoms with Crippen LogP contribution in [-0.2, 0) is 0 Å². The molecule has 0 bridgehead atoms. The normalized spacial score (nSPS) is 57.4. The van der Waals surface area contributed by atoms with E-state index in [1.165, 1.54) is 44.9 Å². The van der Waals surface area contributed by atoms with Gasteiger partial charge in [0.2, 0.25) is 0 Å². The number of aliphatic hydroxyl groups is 1. The second-order valence-corrected chi connectivity index (χ2v) is 9.40. The van der Waals surface area contributed by atoms with Gasteiger partial charge in [-0.15, -0.1) is 6.42 Å². The van der Waals surface area contributed by atoms with Crippen molar-refractivity contribution in [1.82, 2.24) is 0 Å². The Hall–Kier alpha value is -0.480. The second-order valence-electron chi connectivity index (χ2n) is 9.40. The molecule has 4 rings (SSSR count). The molecule has 4 fully saturated rings. The maximum Gasteiger partial charge on any atom is 0.130 e. The predicted molar refractivity (Wildman–Crippen MR) is 90.1 cm³/mol. The van der Waals surface area contributed by atoms with E-state index in [2.05, 4.69) is 19.8 Å². The zero-order valence-corrected chi connectivity index (χ0v) is 14.4. The van der Waals surface area contributed by atoms with Gasteiger partial charge in [-0.1, -0.05) is 32.6 Å². The van der Waals surface area contributed by atoms with Crippen molar-refractivity contribution in [2.45, 2.75) is 83.7 Å². The van der Waals surface area contributed by atoms with E-state index in [1.54, 1.807) is 0 Å². The molecule has 0 amide bonds. The highest BCUT2D eigenvalue weighted by Crippen LogP contribution is 2.68. The largest absolute Gasteiger partial charge is 0.377 e. The summed E-state index contributed by atoms with van der Waals surface area (Å²) in [7, 11) is 0. The summed E-state index contributed by atoms with van der Waals surface area (Å²) in [5.74, 6) is 6.14. The van der Waals surface area contributed by atoms with Crippen molar-refractivity contribution in [3.8, 4) is 12.3 Å². The molecule has 1 unspecified atom stereocenters. The first kappa shape index (κ1) is 15.1. The van der Waals surface area contributed by atoms with Crippen LogP contribution in [0.5, 0.6) is 0 Å². The fraction of sp³-hybridized carbons (Fsp3) is 0.905. The van der Waals surface area contributed by atoms with Gasteiger partial charge in [0.25, 0.3) is 0 Å². The highest BCUT2D eigenvalue weighted by atomic mass is 16.3. The minimum absolute atomic E-state index is 0.0270. The molecule has 22 heavy (non-hydrogen) atoms. The summed E-state index contributed by atoms with van der Waals surface area (Å²) >= 11 is 0. The number of fused-ring (bicyclic) bond motifs is 5. The molecule has 0 spiro atoms. The minimum atomic E-state index is -0.840. The molecule has 0 aromatic rings. The van der Waals surface area contributed by atoms with Crippen molar-refractivity contribution in [1.29, 1.82) is 0 Å². The number of hydrogen-bond acceptors (Lipinski definition) is 1. The van der Waals surface area contributed by atoms with Gasteiger partial charge in [0.1, 0.15) is 5.60 Å². The molecule has 4 saturated carbocycles. The second kappa shape index (κ2) is 4.76. The third-order valence-electron chi connectivity index (χ3n) is 8.97. The number of terminal acetylenes is 1. The Morgan fingerprint density at radius 3 is 2.45 bits per heavy atom. The van der Waals surface area contributed by atoms with Crippen LogP contribution in [0.4, 0.5) is 0 Å². The Balaban J connectivity index is 1.67. The zero-order chi connectivity index (χ0) is 15.6. The fourth-order valence-electron chi connectivity index (χ4n) is 7.55. The molecule has 122 valence electrons. The minimum Gasteiger partial charge on any atom is -0.377 e. The van der Waals surface area contributed by atoms with Crippen molar-refractivity contribution in [3.63, 3.8) is 0 Å². The lowest BCUT2D eigenvalue weighted by Crippen LogP contribution is -2.55. The Morgan fingerprint density at radius 1 is 0.909 bits per heavy atom. The lowest BCUT2D eigenvalue weighted by atomic mass is 9.44. The van der Waals surface area contributed by atoms with Crippen LogP contribution in [0.3, 0.4) is 0 Å². The smallest absolute Gasteiger partial charge is 0.130 e. The Kier molecular flexibility index (Phi) is 3.26. The summed E-state index contributed by atoms with van der Waals surface area (Å²) in [5, 5.41) is 11.0. The molecule has 7 atom stereocenters. The summed E-state index contributed by atoms with van der Waals surface area (Å²) in [5.41, 5.74) is -0.285. The van der Waals surface area contributed by atoms with Crippen molar-refractivity contribution in [2.24, 2.45) is 34.5 Å². The molecular weight excluding hydrogens is 268 g/mol. The molecule has 0 aromatic carbocycles. The summed E-state index contributed by atoms with van der Waals surface area (Å²) < 4.78 is 0. The van der Waals surface area contributed by atoms with Crippen LogP contribution in [0.1, 0.15) is 78.1 Å². The van der Waals surface area contributed by atoms with Crippen molar-refractivity contribution >= 4 is 0 Å². The van der Waals surface area contributed by atoms with Crippen LogP contribution in [0.15, 0.2) is 0 Å². The summed E-state index contributed by atoms with van der Waals surface area (Å²) in [4.78, 5) is 0. The first-order chi connectivity index (χ1) is 10.4. The fourth-order valence-corrected chi connectivity index (χ4v) is 7.55. The van der Waals surface area contributed by atoms with E-state index in [4.69, 9.17) is 6.42 Å². The van der Waals surface area contributed by atoms with Gasteiger partial charge >= 0.3 is 0 Å². The summed E-state index contributed by atoms with van der Waals surface area (Å²) in [6.45, 7) is 4.91. The molecule has 0 heterocycles. The van der Waals surface area contributed by atoms with Gasteiger partial charge in [-0.05, 0) is 80.5 Å². The third kappa shape index (κ3) is 1.71. The van der Waals surface area contributed by atoms with E-state index in [0.717, 1.165) is 37.0 Å². The maximum atomic E-state index is 11.0. The van der Waals surface area contributed by atoms with Gasteiger partial charge in [-0.2, -0.15) is 0 Å². The molecule has 0 aromatic heterocycles. The van der Waals surface area contributed by atoms with Gasteiger partial charge in [0.15, 0.2) is 0 Å². The Bertz CT molecular complexity index is 505. The van der Waals surface area contributed by atoms with Gasteiger partial charge in [0, 0.05) is 5.41 Å². The molecule has 4 aliphatic rings. The van der Waals surface area contributed by atoms with Crippen LogP contribution in [0.2, 0.25) is 0 Å². The SMILES string of the molecule is C#C[C@]1(O)CC[C@H]2[C@@H]3CCC4CCCC[C@]4(C)[C@H]3CC[C@@]21C. The Morgan fingerprint density at radius 2 is 1.68 bits per heavy atom. The van der Waals surface area contributed by atoms with E-state index in [1.807, 2.05) is 0 Å². The standard InChI is InChI=1S/C21H32O/c1-4-21(22)14-11-18-16-9-8-15-7-5-6-12-19(15,2)17(16)10-13-20(18,21)3/h1,15-18,22H,5-14H2,2-3H3/t15?,16-,17+,18+,19+,20+,21+/m1/s1. The highest BCUT2D eigenvalue weighted by Gasteiger charge is 2.63. The first-order valence-corrected chi connectivity index (χ1v) is 9.65. The van der Waals surface area contributed by atoms with Gasteiger partial charge in [-0.25, -0.2) is 0 Å². The average molecular weight is 300 g/mol. The monoisotopic (exact) mass is 300 g/mol. The van der Waals surface area contributed by atoms with Crippen LogP contribution in [-0.4, -0.2) is 10.7 Å². The molecule has 0 radical (unpaired) electrons. The van der Waals surface area contributed by atoms with Gasteiger partial charge in [0.05, 0.1) is 0 Å². The van der Waals surface area contributed by atoms with E-state index >= 15 is 0 Å². The van der Waals surface area contributed by atoms with Crippen LogP contribution in [0.25, 0.3) is 0 Å². The molecule has 1 nitrogen and oxygen atoms in total. The van der Waals surface area contributed by atoms with Gasteiger partial charge in [-0.3, -0.25) is 0 Å². The van der Waals surface area contributed by atoms with E-state index in [0.29, 0.717) is 11.3 Å². The Labute approximate surface area is 136 Å². The predicted octanol–water partition coefficient (Wildman–Crippen LogP) is 4.78. The number of hydrogen-bond donors (Lipinski definition) is 1.